The van der Waals surface area contributed by atoms with Crippen LogP contribution in [-0.2, 0) is 5.41 Å². The Kier molecular flexibility index (Phi) is 4.98. The van der Waals surface area contributed by atoms with Crippen LogP contribution in [0.5, 0.6) is 0 Å². The standard InChI is InChI=1S/C17H22Cl2FNO/c18-14-5-4-12(9-15(14)19)17(6-2-7-17)16(22)11-21-8-1-3-13(20)10-21/h4-5,9,13,16,22H,1-3,6-8,10-11H2/p+1. The summed E-state index contributed by atoms with van der Waals surface area (Å²) >= 11 is 12.2. The number of piperidine rings is 1. The number of halogens is 3. The second-order valence-electron chi connectivity index (χ2n) is 6.80. The molecule has 0 radical (unpaired) electrons. The van der Waals surface area contributed by atoms with E-state index in [9.17, 15) is 9.50 Å². The van der Waals surface area contributed by atoms with Crippen LogP contribution in [0.3, 0.4) is 0 Å². The lowest BCUT2D eigenvalue weighted by molar-refractivity contribution is -0.911. The third-order valence-electron chi connectivity index (χ3n) is 5.42. The van der Waals surface area contributed by atoms with Gasteiger partial charge in [-0.1, -0.05) is 35.7 Å². The van der Waals surface area contributed by atoms with Crippen LogP contribution in [0.2, 0.25) is 10.0 Å². The lowest BCUT2D eigenvalue weighted by atomic mass is 9.61. The Morgan fingerprint density at radius 1 is 1.27 bits per heavy atom. The molecule has 2 aliphatic rings. The fourth-order valence-electron chi connectivity index (χ4n) is 3.92. The van der Waals surface area contributed by atoms with E-state index in [1.54, 1.807) is 6.07 Å². The van der Waals surface area contributed by atoms with Gasteiger partial charge in [-0.05, 0) is 43.4 Å². The molecule has 1 aromatic carbocycles. The topological polar surface area (TPSA) is 24.7 Å². The van der Waals surface area contributed by atoms with Crippen molar-refractivity contribution in [3.63, 3.8) is 0 Å². The van der Waals surface area contributed by atoms with Crippen LogP contribution in [0.1, 0.15) is 37.7 Å². The summed E-state index contributed by atoms with van der Waals surface area (Å²) in [5, 5.41) is 11.9. The van der Waals surface area contributed by atoms with Crippen LogP contribution in [0, 0.1) is 0 Å². The van der Waals surface area contributed by atoms with Gasteiger partial charge < -0.3 is 10.0 Å². The van der Waals surface area contributed by atoms with Gasteiger partial charge in [0.15, 0.2) is 0 Å². The van der Waals surface area contributed by atoms with Crippen LogP contribution in [0.25, 0.3) is 0 Å². The van der Waals surface area contributed by atoms with Gasteiger partial charge in [-0.25, -0.2) is 4.39 Å². The average Bonchev–Trinajstić information content (AvgIpc) is 2.41. The number of nitrogens with one attached hydrogen (secondary N) is 1. The molecule has 2 fully saturated rings. The molecular formula is C17H23Cl2FNO+. The quantitative estimate of drug-likeness (QED) is 0.860. The number of hydrogen-bond acceptors (Lipinski definition) is 1. The zero-order chi connectivity index (χ0) is 15.7. The molecule has 3 rings (SSSR count). The highest BCUT2D eigenvalue weighted by atomic mass is 35.5. The van der Waals surface area contributed by atoms with Gasteiger partial charge in [-0.2, -0.15) is 0 Å². The Bertz CT molecular complexity index is 535. The molecular weight excluding hydrogens is 324 g/mol. The van der Waals surface area contributed by atoms with Gasteiger partial charge in [0.25, 0.3) is 0 Å². The van der Waals surface area contributed by atoms with E-state index in [1.807, 2.05) is 12.1 Å². The van der Waals surface area contributed by atoms with E-state index in [2.05, 4.69) is 0 Å². The second kappa shape index (κ2) is 6.64. The molecule has 2 N–H and O–H groups in total. The van der Waals surface area contributed by atoms with Gasteiger partial charge in [0, 0.05) is 5.41 Å². The Morgan fingerprint density at radius 2 is 2.05 bits per heavy atom. The van der Waals surface area contributed by atoms with E-state index >= 15 is 0 Å². The number of alkyl halides is 1. The van der Waals surface area contributed by atoms with Crippen LogP contribution < -0.4 is 4.90 Å². The largest absolute Gasteiger partial charge is 0.386 e. The Morgan fingerprint density at radius 3 is 2.64 bits per heavy atom. The predicted octanol–water partition coefficient (Wildman–Crippen LogP) is 2.79. The number of hydrogen-bond donors (Lipinski definition) is 2. The van der Waals surface area contributed by atoms with Crippen molar-refractivity contribution in [1.29, 1.82) is 0 Å². The Balaban J connectivity index is 1.75. The summed E-state index contributed by atoms with van der Waals surface area (Å²) in [6, 6.07) is 5.66. The summed E-state index contributed by atoms with van der Waals surface area (Å²) in [5.74, 6) is 0. The number of rotatable bonds is 4. The molecule has 1 saturated heterocycles. The predicted molar refractivity (Wildman–Crippen MR) is 87.7 cm³/mol. The van der Waals surface area contributed by atoms with E-state index < -0.39 is 12.3 Å². The van der Waals surface area contributed by atoms with Crippen molar-refractivity contribution in [3.05, 3.63) is 33.8 Å². The van der Waals surface area contributed by atoms with Gasteiger partial charge >= 0.3 is 0 Å². The maximum Gasteiger partial charge on any atom is 0.149 e. The van der Waals surface area contributed by atoms with Crippen molar-refractivity contribution in [3.8, 4) is 0 Å². The molecule has 1 aromatic rings. The third-order valence-corrected chi connectivity index (χ3v) is 6.16. The molecule has 3 atom stereocenters. The molecule has 3 unspecified atom stereocenters. The van der Waals surface area contributed by atoms with Gasteiger partial charge in [-0.15, -0.1) is 0 Å². The average molecular weight is 347 g/mol. The normalized spacial score (nSPS) is 28.9. The summed E-state index contributed by atoms with van der Waals surface area (Å²) in [4.78, 5) is 1.18. The summed E-state index contributed by atoms with van der Waals surface area (Å²) in [5.41, 5.74) is 0.832. The first-order valence-electron chi connectivity index (χ1n) is 8.12. The fourth-order valence-corrected chi connectivity index (χ4v) is 4.22. The molecule has 1 heterocycles. The highest BCUT2D eigenvalue weighted by Crippen LogP contribution is 2.47. The SMILES string of the molecule is OC(C[NH+]1CCCC(F)C1)C1(c2ccc(Cl)c(Cl)c2)CCC1. The van der Waals surface area contributed by atoms with Gasteiger partial charge in [0.1, 0.15) is 25.4 Å². The molecule has 0 amide bonds. The maximum absolute atomic E-state index is 13.6. The first-order valence-corrected chi connectivity index (χ1v) is 8.88. The summed E-state index contributed by atoms with van der Waals surface area (Å²) in [6.07, 6.45) is 3.41. The monoisotopic (exact) mass is 346 g/mol. The van der Waals surface area contributed by atoms with Gasteiger partial charge in [-0.3, -0.25) is 0 Å². The zero-order valence-electron chi connectivity index (χ0n) is 12.6. The maximum atomic E-state index is 13.6. The van der Waals surface area contributed by atoms with Crippen molar-refractivity contribution in [2.45, 2.75) is 49.8 Å². The van der Waals surface area contributed by atoms with Crippen molar-refractivity contribution < 1.29 is 14.4 Å². The first-order chi connectivity index (χ1) is 10.5. The minimum absolute atomic E-state index is 0.232. The number of quaternary nitrogens is 1. The van der Waals surface area contributed by atoms with E-state index in [-0.39, 0.29) is 5.41 Å². The molecule has 1 aliphatic heterocycles. The van der Waals surface area contributed by atoms with Crippen LogP contribution >= 0.6 is 23.2 Å². The first kappa shape index (κ1) is 16.5. The second-order valence-corrected chi connectivity index (χ2v) is 7.62. The van der Waals surface area contributed by atoms with Crippen molar-refractivity contribution in [1.82, 2.24) is 0 Å². The van der Waals surface area contributed by atoms with Gasteiger partial charge in [0.05, 0.1) is 16.6 Å². The minimum atomic E-state index is -0.724. The lowest BCUT2D eigenvalue weighted by Gasteiger charge is -2.46. The zero-order valence-corrected chi connectivity index (χ0v) is 14.1. The van der Waals surface area contributed by atoms with E-state index in [4.69, 9.17) is 23.2 Å². The molecule has 122 valence electrons. The van der Waals surface area contributed by atoms with Crippen LogP contribution in [0.15, 0.2) is 18.2 Å². The number of likely N-dealkylation sites (tertiary alicyclic amines) is 1. The van der Waals surface area contributed by atoms with Crippen molar-refractivity contribution in [2.75, 3.05) is 19.6 Å². The smallest absolute Gasteiger partial charge is 0.149 e. The van der Waals surface area contributed by atoms with Crippen molar-refractivity contribution >= 4 is 23.2 Å². The summed E-state index contributed by atoms with van der Waals surface area (Å²) in [6.45, 7) is 2.09. The van der Waals surface area contributed by atoms with Crippen molar-refractivity contribution in [2.24, 2.45) is 0 Å². The van der Waals surface area contributed by atoms with E-state index in [0.29, 0.717) is 29.6 Å². The molecule has 0 spiro atoms. The van der Waals surface area contributed by atoms with E-state index in [0.717, 1.165) is 37.8 Å². The third kappa shape index (κ3) is 3.14. The molecule has 22 heavy (non-hydrogen) atoms. The van der Waals surface area contributed by atoms with E-state index in [1.165, 1.54) is 4.90 Å². The summed E-state index contributed by atoms with van der Waals surface area (Å²) < 4.78 is 13.6. The Hall–Kier alpha value is -0.350. The minimum Gasteiger partial charge on any atom is -0.386 e. The number of aliphatic hydroxyl groups is 1. The highest BCUT2D eigenvalue weighted by molar-refractivity contribution is 6.42. The molecule has 1 aliphatic carbocycles. The Labute approximate surface area is 141 Å². The van der Waals surface area contributed by atoms with Crippen LogP contribution in [-0.4, -0.2) is 37.0 Å². The number of benzene rings is 1. The summed E-state index contributed by atoms with van der Waals surface area (Å²) in [7, 11) is 0. The fraction of sp³-hybridized carbons (Fsp3) is 0.647. The van der Waals surface area contributed by atoms with Crippen LogP contribution in [0.4, 0.5) is 4.39 Å². The molecule has 2 nitrogen and oxygen atoms in total. The molecule has 0 bridgehead atoms. The molecule has 1 saturated carbocycles. The molecule has 5 heteroatoms. The van der Waals surface area contributed by atoms with Gasteiger partial charge in [0.2, 0.25) is 0 Å². The lowest BCUT2D eigenvalue weighted by Crippen LogP contribution is -3.15. The molecule has 0 aromatic heterocycles. The highest BCUT2D eigenvalue weighted by Gasteiger charge is 2.47. The number of aliphatic hydroxyl groups excluding tert-OH is 1.